The van der Waals surface area contributed by atoms with Gasteiger partial charge in [0.15, 0.2) is 11.9 Å². The maximum Gasteiger partial charge on any atom is 0.265 e. The number of methoxy groups -OCH3 is 1. The van der Waals surface area contributed by atoms with Gasteiger partial charge in [-0.05, 0) is 38.1 Å². The minimum Gasteiger partial charge on any atom is -0.497 e. The number of ketones is 1. The first-order chi connectivity index (χ1) is 11.4. The average molecular weight is 348 g/mol. The number of carbonyl (C=O) groups excluding carboxylic acids is 2. The Morgan fingerprint density at radius 3 is 2.54 bits per heavy atom. The van der Waals surface area contributed by atoms with Crippen molar-refractivity contribution in [3.63, 3.8) is 0 Å². The molecule has 0 saturated heterocycles. The van der Waals surface area contributed by atoms with Gasteiger partial charge in [0.2, 0.25) is 0 Å². The summed E-state index contributed by atoms with van der Waals surface area (Å²) in [5.41, 5.74) is 0.963. The SMILES string of the molecule is COc1ccc(Cl)c(NC(=O)C(C)Oc2cccc(C(C)=O)c2)c1. The third-order valence-corrected chi connectivity index (χ3v) is 3.68. The van der Waals surface area contributed by atoms with Crippen molar-refractivity contribution < 1.29 is 19.1 Å². The van der Waals surface area contributed by atoms with E-state index in [4.69, 9.17) is 21.1 Å². The summed E-state index contributed by atoms with van der Waals surface area (Å²) in [7, 11) is 1.53. The van der Waals surface area contributed by atoms with Crippen LogP contribution in [0.2, 0.25) is 5.02 Å². The number of amides is 1. The van der Waals surface area contributed by atoms with Crippen LogP contribution in [0.1, 0.15) is 24.2 Å². The highest BCUT2D eigenvalue weighted by molar-refractivity contribution is 6.33. The van der Waals surface area contributed by atoms with Crippen LogP contribution in [0.15, 0.2) is 42.5 Å². The molecular weight excluding hydrogens is 330 g/mol. The number of benzene rings is 2. The molecule has 1 amide bonds. The minimum atomic E-state index is -0.769. The van der Waals surface area contributed by atoms with Gasteiger partial charge in [0.1, 0.15) is 11.5 Å². The topological polar surface area (TPSA) is 64.6 Å². The number of hydrogen-bond donors (Lipinski definition) is 1. The Balaban J connectivity index is 2.07. The number of hydrogen-bond acceptors (Lipinski definition) is 4. The number of halogens is 1. The Hall–Kier alpha value is -2.53. The van der Waals surface area contributed by atoms with Crippen molar-refractivity contribution in [2.24, 2.45) is 0 Å². The summed E-state index contributed by atoms with van der Waals surface area (Å²) < 4.78 is 10.7. The van der Waals surface area contributed by atoms with Gasteiger partial charge in [-0.15, -0.1) is 0 Å². The van der Waals surface area contributed by atoms with Crippen molar-refractivity contribution >= 4 is 29.0 Å². The molecule has 0 aliphatic rings. The van der Waals surface area contributed by atoms with E-state index in [1.54, 1.807) is 49.4 Å². The van der Waals surface area contributed by atoms with Gasteiger partial charge in [0.05, 0.1) is 17.8 Å². The predicted molar refractivity (Wildman–Crippen MR) is 93.2 cm³/mol. The molecule has 1 unspecified atom stereocenters. The van der Waals surface area contributed by atoms with Crippen molar-refractivity contribution in [3.8, 4) is 11.5 Å². The van der Waals surface area contributed by atoms with Crippen LogP contribution in [0, 0.1) is 0 Å². The van der Waals surface area contributed by atoms with Crippen LogP contribution in [0.5, 0.6) is 11.5 Å². The summed E-state index contributed by atoms with van der Waals surface area (Å²) in [6, 6.07) is 11.7. The molecule has 126 valence electrons. The standard InChI is InChI=1S/C18H18ClNO4/c1-11(21)13-5-4-6-15(9-13)24-12(2)18(22)20-17-10-14(23-3)7-8-16(17)19/h4-10,12H,1-3H3,(H,20,22). The molecule has 2 rings (SSSR count). The molecule has 6 heteroatoms. The lowest BCUT2D eigenvalue weighted by Gasteiger charge is -2.16. The summed E-state index contributed by atoms with van der Waals surface area (Å²) >= 11 is 6.07. The van der Waals surface area contributed by atoms with E-state index in [9.17, 15) is 9.59 Å². The zero-order valence-corrected chi connectivity index (χ0v) is 14.4. The Morgan fingerprint density at radius 2 is 1.88 bits per heavy atom. The van der Waals surface area contributed by atoms with Gasteiger partial charge in [-0.2, -0.15) is 0 Å². The Morgan fingerprint density at radius 1 is 1.12 bits per heavy atom. The molecule has 24 heavy (non-hydrogen) atoms. The monoisotopic (exact) mass is 347 g/mol. The first-order valence-corrected chi connectivity index (χ1v) is 7.70. The molecule has 0 aliphatic heterocycles. The summed E-state index contributed by atoms with van der Waals surface area (Å²) in [5, 5.41) is 3.10. The Labute approximate surface area is 145 Å². The molecule has 0 aromatic heterocycles. The Bertz CT molecular complexity index is 760. The van der Waals surface area contributed by atoms with Crippen LogP contribution < -0.4 is 14.8 Å². The van der Waals surface area contributed by atoms with Gasteiger partial charge in [-0.25, -0.2) is 0 Å². The normalized spacial score (nSPS) is 11.5. The fourth-order valence-electron chi connectivity index (χ4n) is 2.01. The van der Waals surface area contributed by atoms with Crippen LogP contribution in [-0.4, -0.2) is 24.9 Å². The third kappa shape index (κ3) is 4.49. The van der Waals surface area contributed by atoms with E-state index >= 15 is 0 Å². The van der Waals surface area contributed by atoms with Crippen molar-refractivity contribution in [3.05, 3.63) is 53.1 Å². The van der Waals surface area contributed by atoms with Crippen LogP contribution in [0.25, 0.3) is 0 Å². The molecule has 2 aromatic carbocycles. The summed E-state index contributed by atoms with van der Waals surface area (Å²) in [6.07, 6.45) is -0.769. The zero-order chi connectivity index (χ0) is 17.7. The maximum atomic E-state index is 12.3. The predicted octanol–water partition coefficient (Wildman–Crippen LogP) is 3.96. The van der Waals surface area contributed by atoms with E-state index < -0.39 is 6.10 Å². The fourth-order valence-corrected chi connectivity index (χ4v) is 2.17. The molecule has 0 radical (unpaired) electrons. The molecule has 0 bridgehead atoms. The molecular formula is C18H18ClNO4. The van der Waals surface area contributed by atoms with E-state index in [2.05, 4.69) is 5.32 Å². The van der Waals surface area contributed by atoms with Crippen LogP contribution in [0.4, 0.5) is 5.69 Å². The van der Waals surface area contributed by atoms with Crippen molar-refractivity contribution in [2.75, 3.05) is 12.4 Å². The lowest BCUT2D eigenvalue weighted by molar-refractivity contribution is -0.122. The fraction of sp³-hybridized carbons (Fsp3) is 0.222. The maximum absolute atomic E-state index is 12.3. The molecule has 0 heterocycles. The van der Waals surface area contributed by atoms with E-state index in [0.29, 0.717) is 27.8 Å². The lowest BCUT2D eigenvalue weighted by Crippen LogP contribution is -2.30. The number of anilines is 1. The van der Waals surface area contributed by atoms with E-state index in [0.717, 1.165) is 0 Å². The van der Waals surface area contributed by atoms with Crippen molar-refractivity contribution in [1.82, 2.24) is 0 Å². The van der Waals surface area contributed by atoms with E-state index in [1.807, 2.05) is 0 Å². The molecule has 0 saturated carbocycles. The van der Waals surface area contributed by atoms with Gasteiger partial charge < -0.3 is 14.8 Å². The summed E-state index contributed by atoms with van der Waals surface area (Å²) in [4.78, 5) is 23.7. The van der Waals surface area contributed by atoms with Gasteiger partial charge >= 0.3 is 0 Å². The average Bonchev–Trinajstić information content (AvgIpc) is 2.57. The lowest BCUT2D eigenvalue weighted by atomic mass is 10.1. The molecule has 0 aliphatic carbocycles. The number of nitrogens with one attached hydrogen (secondary N) is 1. The highest BCUT2D eigenvalue weighted by atomic mass is 35.5. The van der Waals surface area contributed by atoms with Gasteiger partial charge in [-0.3, -0.25) is 9.59 Å². The molecule has 1 N–H and O–H groups in total. The largest absolute Gasteiger partial charge is 0.497 e. The number of rotatable bonds is 6. The second kappa shape index (κ2) is 7.84. The molecule has 2 aromatic rings. The number of ether oxygens (including phenoxy) is 2. The first-order valence-electron chi connectivity index (χ1n) is 7.32. The number of Topliss-reactive ketones (excluding diaryl/α,β-unsaturated/α-hetero) is 1. The Kier molecular flexibility index (Phi) is 5.82. The van der Waals surface area contributed by atoms with Gasteiger partial charge in [0.25, 0.3) is 5.91 Å². The second-order valence-corrected chi connectivity index (χ2v) is 5.59. The second-order valence-electron chi connectivity index (χ2n) is 5.18. The highest BCUT2D eigenvalue weighted by Gasteiger charge is 2.17. The van der Waals surface area contributed by atoms with Gasteiger partial charge in [0, 0.05) is 11.6 Å². The third-order valence-electron chi connectivity index (χ3n) is 3.35. The van der Waals surface area contributed by atoms with Crippen LogP contribution in [-0.2, 0) is 4.79 Å². The minimum absolute atomic E-state index is 0.0688. The van der Waals surface area contributed by atoms with E-state index in [1.165, 1.54) is 14.0 Å². The van der Waals surface area contributed by atoms with Crippen molar-refractivity contribution in [2.45, 2.75) is 20.0 Å². The molecule has 5 nitrogen and oxygen atoms in total. The number of carbonyl (C=O) groups is 2. The zero-order valence-electron chi connectivity index (χ0n) is 13.6. The van der Waals surface area contributed by atoms with Crippen LogP contribution in [0.3, 0.4) is 0 Å². The smallest absolute Gasteiger partial charge is 0.265 e. The molecule has 0 spiro atoms. The van der Waals surface area contributed by atoms with Gasteiger partial charge in [-0.1, -0.05) is 23.7 Å². The molecule has 0 fully saturated rings. The molecule has 1 atom stereocenters. The quantitative estimate of drug-likeness (QED) is 0.803. The van der Waals surface area contributed by atoms with Crippen molar-refractivity contribution in [1.29, 1.82) is 0 Å². The first kappa shape index (κ1) is 17.8. The summed E-state index contributed by atoms with van der Waals surface area (Å²) in [6.45, 7) is 3.09. The summed E-state index contributed by atoms with van der Waals surface area (Å²) in [5.74, 6) is 0.596. The van der Waals surface area contributed by atoms with Crippen LogP contribution >= 0.6 is 11.6 Å². The van der Waals surface area contributed by atoms with E-state index in [-0.39, 0.29) is 11.7 Å². The highest BCUT2D eigenvalue weighted by Crippen LogP contribution is 2.27.